The van der Waals surface area contributed by atoms with Gasteiger partial charge in [-0.25, -0.2) is 4.98 Å². The molecule has 0 saturated heterocycles. The number of imidazole rings is 1. The Balaban J connectivity index is 2.23. The lowest BCUT2D eigenvalue weighted by Gasteiger charge is -2.03. The van der Waals surface area contributed by atoms with Crippen LogP contribution in [0.5, 0.6) is 0 Å². The summed E-state index contributed by atoms with van der Waals surface area (Å²) >= 11 is 0. The number of H-pyrrole nitrogens is 1. The lowest BCUT2D eigenvalue weighted by atomic mass is 10.00. The molecule has 2 heterocycles. The lowest BCUT2D eigenvalue weighted by Crippen LogP contribution is -2.05. The van der Waals surface area contributed by atoms with Crippen molar-refractivity contribution in [3.8, 4) is 0 Å². The number of nitrogens with zero attached hydrogens (tertiary/aromatic N) is 1. The van der Waals surface area contributed by atoms with Gasteiger partial charge in [-0.3, -0.25) is 4.79 Å². The van der Waals surface area contributed by atoms with Gasteiger partial charge < -0.3 is 16.0 Å². The highest BCUT2D eigenvalue weighted by molar-refractivity contribution is 6.36. The van der Waals surface area contributed by atoms with Crippen LogP contribution in [0.2, 0.25) is 0 Å². The van der Waals surface area contributed by atoms with Crippen molar-refractivity contribution >= 4 is 28.4 Å². The number of carbonyl (C=O) groups is 1. The molecular weight excluding hydrogens is 228 g/mol. The third kappa shape index (κ3) is 1.48. The van der Waals surface area contributed by atoms with Crippen molar-refractivity contribution in [1.29, 1.82) is 0 Å². The molecule has 0 atom stereocenters. The Morgan fingerprint density at radius 1 is 1.39 bits per heavy atom. The van der Waals surface area contributed by atoms with Crippen LogP contribution >= 0.6 is 0 Å². The molecule has 0 aliphatic carbocycles. The summed E-state index contributed by atoms with van der Waals surface area (Å²) in [5.74, 6) is -0.115. The van der Waals surface area contributed by atoms with Crippen LogP contribution in [0.4, 0.5) is 11.4 Å². The minimum atomic E-state index is -0.115. The van der Waals surface area contributed by atoms with Crippen molar-refractivity contribution in [2.75, 3.05) is 11.1 Å². The molecule has 90 valence electrons. The predicted octanol–water partition coefficient (Wildman–Crippen LogP) is 1.87. The number of aromatic amines is 1. The number of nitrogen functional groups attached to an aromatic ring is 1. The summed E-state index contributed by atoms with van der Waals surface area (Å²) in [5.41, 5.74) is 10.3. The molecule has 1 aromatic carbocycles. The van der Waals surface area contributed by atoms with Gasteiger partial charge in [-0.2, -0.15) is 0 Å². The van der Waals surface area contributed by atoms with Gasteiger partial charge in [-0.15, -0.1) is 0 Å². The number of allylic oxidation sites excluding steroid dienone is 1. The van der Waals surface area contributed by atoms with Crippen molar-refractivity contribution in [2.24, 2.45) is 0 Å². The van der Waals surface area contributed by atoms with Gasteiger partial charge in [-0.1, -0.05) is 0 Å². The van der Waals surface area contributed by atoms with Crippen molar-refractivity contribution in [3.63, 3.8) is 0 Å². The number of hydrogen-bond acceptors (Lipinski definition) is 3. The molecule has 0 fully saturated rings. The van der Waals surface area contributed by atoms with E-state index in [-0.39, 0.29) is 5.91 Å². The number of anilines is 2. The SMILES string of the molecule is CC(=C1C(=O)Nc2ccc(N)cc21)c1c[nH]cn1. The Kier molecular flexibility index (Phi) is 2.19. The Bertz CT molecular complexity index is 656. The van der Waals surface area contributed by atoms with Crippen molar-refractivity contribution in [2.45, 2.75) is 6.92 Å². The highest BCUT2D eigenvalue weighted by Crippen LogP contribution is 2.37. The van der Waals surface area contributed by atoms with Crippen LogP contribution in [-0.2, 0) is 4.79 Å². The zero-order valence-electron chi connectivity index (χ0n) is 9.82. The third-order valence-electron chi connectivity index (χ3n) is 3.05. The van der Waals surface area contributed by atoms with Gasteiger partial charge in [0.2, 0.25) is 0 Å². The van der Waals surface area contributed by atoms with E-state index in [4.69, 9.17) is 5.73 Å². The first-order valence-corrected chi connectivity index (χ1v) is 5.58. The zero-order chi connectivity index (χ0) is 12.7. The van der Waals surface area contributed by atoms with Crippen LogP contribution in [0, 0.1) is 0 Å². The number of nitrogens with two attached hydrogens (primary N) is 1. The van der Waals surface area contributed by atoms with Crippen molar-refractivity contribution in [3.05, 3.63) is 42.0 Å². The standard InChI is InChI=1S/C13H12N4O/c1-7(11-5-15-6-16-11)12-9-4-8(14)2-3-10(9)17-13(12)18/h2-6H,14H2,1H3,(H,15,16)(H,17,18). The Hall–Kier alpha value is -2.56. The molecule has 1 aromatic heterocycles. The van der Waals surface area contributed by atoms with E-state index in [2.05, 4.69) is 15.3 Å². The maximum absolute atomic E-state index is 12.0. The van der Waals surface area contributed by atoms with Crippen molar-refractivity contribution < 1.29 is 4.79 Å². The summed E-state index contributed by atoms with van der Waals surface area (Å²) in [5, 5.41) is 2.83. The normalized spacial score (nSPS) is 16.4. The Morgan fingerprint density at radius 2 is 2.22 bits per heavy atom. The summed E-state index contributed by atoms with van der Waals surface area (Å²) in [4.78, 5) is 19.1. The second-order valence-corrected chi connectivity index (χ2v) is 4.21. The molecule has 0 spiro atoms. The molecule has 5 heteroatoms. The van der Waals surface area contributed by atoms with E-state index in [1.165, 1.54) is 0 Å². The highest BCUT2D eigenvalue weighted by Gasteiger charge is 2.26. The monoisotopic (exact) mass is 240 g/mol. The smallest absolute Gasteiger partial charge is 0.256 e. The van der Waals surface area contributed by atoms with E-state index in [1.807, 2.05) is 13.0 Å². The van der Waals surface area contributed by atoms with Gasteiger partial charge in [0.1, 0.15) is 0 Å². The largest absolute Gasteiger partial charge is 0.399 e. The van der Waals surface area contributed by atoms with Crippen LogP contribution in [0.25, 0.3) is 11.1 Å². The van der Waals surface area contributed by atoms with Gasteiger partial charge in [0.15, 0.2) is 0 Å². The topological polar surface area (TPSA) is 83.8 Å². The maximum atomic E-state index is 12.0. The molecule has 0 unspecified atom stereocenters. The number of benzene rings is 1. The van der Waals surface area contributed by atoms with E-state index in [0.717, 1.165) is 22.5 Å². The average molecular weight is 240 g/mol. The summed E-state index contributed by atoms with van der Waals surface area (Å²) < 4.78 is 0. The van der Waals surface area contributed by atoms with Gasteiger partial charge in [0.05, 0.1) is 17.6 Å². The summed E-state index contributed by atoms with van der Waals surface area (Å²) in [6.07, 6.45) is 3.35. The molecule has 4 N–H and O–H groups in total. The van der Waals surface area contributed by atoms with Gasteiger partial charge >= 0.3 is 0 Å². The molecule has 0 radical (unpaired) electrons. The second kappa shape index (κ2) is 3.73. The first kappa shape index (κ1) is 10.6. The summed E-state index contributed by atoms with van der Waals surface area (Å²) in [6.45, 7) is 1.88. The van der Waals surface area contributed by atoms with Crippen LogP contribution < -0.4 is 11.1 Å². The number of hydrogen-bond donors (Lipinski definition) is 3. The number of amides is 1. The van der Waals surface area contributed by atoms with Gasteiger partial charge in [0.25, 0.3) is 5.91 Å². The summed E-state index contributed by atoms with van der Waals surface area (Å²) in [7, 11) is 0. The minimum Gasteiger partial charge on any atom is -0.399 e. The minimum absolute atomic E-state index is 0.115. The number of aromatic nitrogens is 2. The molecule has 1 aliphatic heterocycles. The molecular formula is C13H12N4O. The molecule has 5 nitrogen and oxygen atoms in total. The number of carbonyl (C=O) groups excluding carboxylic acids is 1. The first-order valence-electron chi connectivity index (χ1n) is 5.58. The van der Waals surface area contributed by atoms with E-state index in [1.54, 1.807) is 24.7 Å². The molecule has 1 aliphatic rings. The van der Waals surface area contributed by atoms with Crippen LogP contribution in [-0.4, -0.2) is 15.9 Å². The Morgan fingerprint density at radius 3 is 2.94 bits per heavy atom. The van der Waals surface area contributed by atoms with Gasteiger partial charge in [-0.05, 0) is 30.7 Å². The molecule has 1 amide bonds. The predicted molar refractivity (Wildman–Crippen MR) is 70.6 cm³/mol. The molecule has 2 aromatic rings. The number of fused-ring (bicyclic) bond motifs is 1. The van der Waals surface area contributed by atoms with E-state index < -0.39 is 0 Å². The summed E-state index contributed by atoms with van der Waals surface area (Å²) in [6, 6.07) is 5.39. The molecule has 0 saturated carbocycles. The fourth-order valence-corrected chi connectivity index (χ4v) is 2.15. The fraction of sp³-hybridized carbons (Fsp3) is 0.0769. The zero-order valence-corrected chi connectivity index (χ0v) is 9.82. The first-order chi connectivity index (χ1) is 8.66. The van der Waals surface area contributed by atoms with Crippen LogP contribution in [0.3, 0.4) is 0 Å². The Labute approximate surface area is 104 Å². The van der Waals surface area contributed by atoms with E-state index in [0.29, 0.717) is 11.3 Å². The lowest BCUT2D eigenvalue weighted by molar-refractivity contribution is -0.110. The average Bonchev–Trinajstić information content (AvgIpc) is 2.94. The van der Waals surface area contributed by atoms with Crippen LogP contribution in [0.1, 0.15) is 18.2 Å². The quantitative estimate of drug-likeness (QED) is 0.525. The van der Waals surface area contributed by atoms with E-state index >= 15 is 0 Å². The molecule has 18 heavy (non-hydrogen) atoms. The molecule has 0 bridgehead atoms. The number of nitrogens with one attached hydrogen (secondary N) is 2. The molecule has 3 rings (SSSR count). The second-order valence-electron chi connectivity index (χ2n) is 4.21. The van der Waals surface area contributed by atoms with Crippen LogP contribution in [0.15, 0.2) is 30.7 Å². The van der Waals surface area contributed by atoms with E-state index in [9.17, 15) is 4.79 Å². The highest BCUT2D eigenvalue weighted by atomic mass is 16.2. The third-order valence-corrected chi connectivity index (χ3v) is 3.05. The van der Waals surface area contributed by atoms with Gasteiger partial charge in [0, 0.05) is 23.1 Å². The maximum Gasteiger partial charge on any atom is 0.256 e. The van der Waals surface area contributed by atoms with Crippen molar-refractivity contribution in [1.82, 2.24) is 9.97 Å². The number of rotatable bonds is 1. The fourth-order valence-electron chi connectivity index (χ4n) is 2.15.